The lowest BCUT2D eigenvalue weighted by atomic mass is 9.91. The van der Waals surface area contributed by atoms with E-state index in [2.05, 4.69) is 0 Å². The average Bonchev–Trinajstić information content (AvgIpc) is 2.76. The molecule has 0 radical (unpaired) electrons. The summed E-state index contributed by atoms with van der Waals surface area (Å²) in [6.45, 7) is 0.0762. The zero-order chi connectivity index (χ0) is 11.8. The first-order valence-corrected chi connectivity index (χ1v) is 5.31. The van der Waals surface area contributed by atoms with Crippen LogP contribution in [-0.2, 0) is 19.0 Å². The van der Waals surface area contributed by atoms with Crippen LogP contribution < -0.4 is 0 Å². The molecule has 1 saturated heterocycles. The van der Waals surface area contributed by atoms with Crippen molar-refractivity contribution >= 4 is 5.97 Å². The molecule has 1 aliphatic heterocycles. The number of hydrogen-bond donors (Lipinski definition) is 2. The van der Waals surface area contributed by atoms with Crippen LogP contribution in [0.3, 0.4) is 0 Å². The average molecular weight is 232 g/mol. The molecular formula is C10H16O6. The second-order valence-corrected chi connectivity index (χ2v) is 4.22. The largest absolute Gasteiger partial charge is 0.451 e. The highest BCUT2D eigenvalue weighted by atomic mass is 16.7. The fraction of sp³-hybridized carbons (Fsp3) is 0.900. The first-order valence-electron chi connectivity index (χ1n) is 5.31. The Bertz CT molecular complexity index is 280. The van der Waals surface area contributed by atoms with Gasteiger partial charge in [-0.15, -0.1) is 0 Å². The second kappa shape index (κ2) is 4.29. The summed E-state index contributed by atoms with van der Waals surface area (Å²) >= 11 is 0. The van der Waals surface area contributed by atoms with Gasteiger partial charge in [-0.25, -0.2) is 4.79 Å². The van der Waals surface area contributed by atoms with Gasteiger partial charge in [0.2, 0.25) is 0 Å². The van der Waals surface area contributed by atoms with Crippen molar-refractivity contribution in [3.8, 4) is 0 Å². The lowest BCUT2D eigenvalue weighted by Crippen LogP contribution is -2.50. The summed E-state index contributed by atoms with van der Waals surface area (Å²) in [5.41, 5.74) is -1.09. The van der Waals surface area contributed by atoms with Crippen LogP contribution in [0.5, 0.6) is 0 Å². The van der Waals surface area contributed by atoms with Crippen molar-refractivity contribution in [3.63, 3.8) is 0 Å². The van der Waals surface area contributed by atoms with Gasteiger partial charge in [-0.1, -0.05) is 0 Å². The molecule has 2 fully saturated rings. The minimum Gasteiger partial charge on any atom is -0.451 e. The topological polar surface area (TPSA) is 85.2 Å². The quantitative estimate of drug-likeness (QED) is 0.488. The van der Waals surface area contributed by atoms with Crippen molar-refractivity contribution < 1.29 is 29.2 Å². The third kappa shape index (κ3) is 1.62. The predicted octanol–water partition coefficient (Wildman–Crippen LogP) is -0.823. The van der Waals surface area contributed by atoms with E-state index in [0.717, 1.165) is 6.42 Å². The van der Waals surface area contributed by atoms with Crippen LogP contribution in [0.1, 0.15) is 19.3 Å². The summed E-state index contributed by atoms with van der Waals surface area (Å²) < 4.78 is 15.3. The van der Waals surface area contributed by atoms with E-state index in [1.807, 2.05) is 0 Å². The fourth-order valence-electron chi connectivity index (χ4n) is 2.50. The lowest BCUT2D eigenvalue weighted by Gasteiger charge is -2.32. The van der Waals surface area contributed by atoms with Gasteiger partial charge in [-0.05, 0) is 19.3 Å². The summed E-state index contributed by atoms with van der Waals surface area (Å²) in [6.07, 6.45) is -1.13. The Hall–Kier alpha value is -0.690. The minimum absolute atomic E-state index is 0.0762. The third-order valence-electron chi connectivity index (χ3n) is 3.30. The van der Waals surface area contributed by atoms with E-state index in [-0.39, 0.29) is 6.79 Å². The van der Waals surface area contributed by atoms with Crippen molar-refractivity contribution in [1.82, 2.24) is 0 Å². The first kappa shape index (κ1) is 11.8. The number of esters is 1. The van der Waals surface area contributed by atoms with Gasteiger partial charge in [0.25, 0.3) is 0 Å². The number of hydrogen-bond acceptors (Lipinski definition) is 6. The van der Waals surface area contributed by atoms with E-state index in [1.54, 1.807) is 0 Å². The van der Waals surface area contributed by atoms with Crippen molar-refractivity contribution in [1.29, 1.82) is 0 Å². The van der Waals surface area contributed by atoms with Gasteiger partial charge in [-0.3, -0.25) is 0 Å². The van der Waals surface area contributed by atoms with Crippen LogP contribution >= 0.6 is 0 Å². The summed E-state index contributed by atoms with van der Waals surface area (Å²) in [5.74, 6) is -0.777. The molecule has 4 atom stereocenters. The van der Waals surface area contributed by atoms with Crippen LogP contribution in [-0.4, -0.2) is 54.0 Å². The van der Waals surface area contributed by atoms with Crippen molar-refractivity contribution in [2.45, 2.75) is 43.2 Å². The predicted molar refractivity (Wildman–Crippen MR) is 51.4 cm³/mol. The van der Waals surface area contributed by atoms with Crippen LogP contribution in [0.25, 0.3) is 0 Å². The number of carbonyl (C=O) groups is 1. The molecule has 0 aromatic heterocycles. The molecule has 0 bridgehead atoms. The number of methoxy groups -OCH3 is 1. The summed E-state index contributed by atoms with van der Waals surface area (Å²) in [5, 5.41) is 19.3. The Morgan fingerprint density at radius 3 is 2.88 bits per heavy atom. The molecule has 1 aliphatic carbocycles. The highest BCUT2D eigenvalue weighted by Crippen LogP contribution is 2.43. The van der Waals surface area contributed by atoms with E-state index in [4.69, 9.17) is 14.2 Å². The van der Waals surface area contributed by atoms with Crippen molar-refractivity contribution in [2.24, 2.45) is 0 Å². The summed E-state index contributed by atoms with van der Waals surface area (Å²) in [7, 11) is 1.49. The zero-order valence-corrected chi connectivity index (χ0v) is 9.09. The standard InChI is InChI=1S/C10H16O6/c1-14-5-15-6-3-2-4-10(6)8(12)7(11)9(13)16-10/h6-8,11-12H,2-5H2,1H3/t6-,7+,8-,10-/m0/s1. The van der Waals surface area contributed by atoms with Crippen molar-refractivity contribution in [2.75, 3.05) is 13.9 Å². The third-order valence-corrected chi connectivity index (χ3v) is 3.30. The van der Waals surface area contributed by atoms with E-state index >= 15 is 0 Å². The maximum Gasteiger partial charge on any atom is 0.338 e. The van der Waals surface area contributed by atoms with Gasteiger partial charge in [0.05, 0.1) is 0 Å². The molecule has 6 nitrogen and oxygen atoms in total. The molecule has 92 valence electrons. The van der Waals surface area contributed by atoms with Crippen LogP contribution in [0.4, 0.5) is 0 Å². The molecule has 6 heteroatoms. The number of rotatable bonds is 3. The van der Waals surface area contributed by atoms with Crippen LogP contribution in [0, 0.1) is 0 Å². The van der Waals surface area contributed by atoms with E-state index in [1.165, 1.54) is 7.11 Å². The molecule has 0 amide bonds. The molecule has 1 spiro atoms. The normalized spacial score (nSPS) is 42.9. The summed E-state index contributed by atoms with van der Waals surface area (Å²) in [6, 6.07) is 0. The molecule has 0 aromatic carbocycles. The monoisotopic (exact) mass is 232 g/mol. The first-order chi connectivity index (χ1) is 7.62. The van der Waals surface area contributed by atoms with E-state index in [9.17, 15) is 15.0 Å². The molecular weight excluding hydrogens is 216 g/mol. The maximum absolute atomic E-state index is 11.2. The Kier molecular flexibility index (Phi) is 3.16. The molecule has 0 unspecified atom stereocenters. The van der Waals surface area contributed by atoms with Crippen LogP contribution in [0.15, 0.2) is 0 Å². The Balaban J connectivity index is 2.13. The fourth-order valence-corrected chi connectivity index (χ4v) is 2.50. The van der Waals surface area contributed by atoms with Gasteiger partial charge in [0.15, 0.2) is 11.7 Å². The van der Waals surface area contributed by atoms with Gasteiger partial charge in [0, 0.05) is 7.11 Å². The smallest absolute Gasteiger partial charge is 0.338 e. The van der Waals surface area contributed by atoms with E-state index < -0.39 is 29.9 Å². The summed E-state index contributed by atoms with van der Waals surface area (Å²) in [4.78, 5) is 11.2. The van der Waals surface area contributed by atoms with Gasteiger partial charge >= 0.3 is 5.97 Å². The highest BCUT2D eigenvalue weighted by Gasteiger charge is 2.61. The highest BCUT2D eigenvalue weighted by molar-refractivity contribution is 5.78. The minimum atomic E-state index is -1.47. The molecule has 2 N–H and O–H groups in total. The van der Waals surface area contributed by atoms with E-state index in [0.29, 0.717) is 12.8 Å². The second-order valence-electron chi connectivity index (χ2n) is 4.22. The Morgan fingerprint density at radius 2 is 2.31 bits per heavy atom. The van der Waals surface area contributed by atoms with Gasteiger partial charge < -0.3 is 24.4 Å². The maximum atomic E-state index is 11.2. The zero-order valence-electron chi connectivity index (χ0n) is 9.09. The molecule has 1 heterocycles. The van der Waals surface area contributed by atoms with Gasteiger partial charge in [0.1, 0.15) is 19.0 Å². The Labute approximate surface area is 93.1 Å². The molecule has 1 saturated carbocycles. The number of ether oxygens (including phenoxy) is 3. The molecule has 0 aromatic rings. The molecule has 2 aliphatic rings. The number of carbonyl (C=O) groups excluding carboxylic acids is 1. The number of aliphatic hydroxyl groups is 2. The number of aliphatic hydroxyl groups excluding tert-OH is 2. The van der Waals surface area contributed by atoms with Gasteiger partial charge in [-0.2, -0.15) is 0 Å². The van der Waals surface area contributed by atoms with Crippen LogP contribution in [0.2, 0.25) is 0 Å². The Morgan fingerprint density at radius 1 is 1.56 bits per heavy atom. The van der Waals surface area contributed by atoms with Crippen molar-refractivity contribution in [3.05, 3.63) is 0 Å². The molecule has 2 rings (SSSR count). The molecule has 16 heavy (non-hydrogen) atoms. The SMILES string of the molecule is COCO[C@H]1CCC[C@]12OC(=O)[C@H](O)[C@@H]2O. The lowest BCUT2D eigenvalue weighted by molar-refractivity contribution is -0.182.